The maximum atomic E-state index is 12.2. The Kier molecular flexibility index (Phi) is 5.25. The molecule has 0 radical (unpaired) electrons. The van der Waals surface area contributed by atoms with Gasteiger partial charge in [0.05, 0.1) is 14.2 Å². The van der Waals surface area contributed by atoms with Crippen molar-refractivity contribution in [3.8, 4) is 0 Å². The Morgan fingerprint density at radius 2 is 1.86 bits per heavy atom. The first-order valence-corrected chi connectivity index (χ1v) is 6.38. The van der Waals surface area contributed by atoms with Crippen LogP contribution in [0.1, 0.15) is 12.8 Å². The van der Waals surface area contributed by atoms with Crippen molar-refractivity contribution in [2.75, 3.05) is 14.2 Å². The van der Waals surface area contributed by atoms with Gasteiger partial charge in [-0.05, 0) is 18.8 Å². The number of hydrogen-bond donors (Lipinski definition) is 0. The van der Waals surface area contributed by atoms with Crippen molar-refractivity contribution in [3.63, 3.8) is 0 Å². The summed E-state index contributed by atoms with van der Waals surface area (Å²) in [5.41, 5.74) is -1.00. The number of methoxy groups -OCH3 is 2. The molecule has 0 amide bonds. The summed E-state index contributed by atoms with van der Waals surface area (Å²) >= 11 is 0. The fourth-order valence-corrected chi connectivity index (χ4v) is 2.50. The molecule has 0 bridgehead atoms. The molecule has 1 unspecified atom stereocenters. The van der Waals surface area contributed by atoms with E-state index in [0.29, 0.717) is 5.57 Å². The molecule has 118 valence electrons. The van der Waals surface area contributed by atoms with E-state index in [2.05, 4.69) is 16.1 Å². The second kappa shape index (κ2) is 6.36. The molecule has 0 aromatic carbocycles. The minimum atomic E-state index is -4.90. The molecule has 1 fully saturated rings. The van der Waals surface area contributed by atoms with Crippen molar-refractivity contribution in [2.45, 2.75) is 19.2 Å². The van der Waals surface area contributed by atoms with E-state index >= 15 is 0 Å². The van der Waals surface area contributed by atoms with Crippen LogP contribution in [0.4, 0.5) is 12.9 Å². The van der Waals surface area contributed by atoms with Gasteiger partial charge in [0, 0.05) is 0 Å². The highest BCUT2D eigenvalue weighted by atomic mass is 19.4. The molecule has 0 heterocycles. The highest BCUT2D eigenvalue weighted by molar-refractivity contribution is 6.58. The molecule has 1 rings (SSSR count). The van der Waals surface area contributed by atoms with E-state index in [9.17, 15) is 22.5 Å². The molecule has 0 aromatic heterocycles. The Labute approximate surface area is 121 Å². The van der Waals surface area contributed by atoms with Crippen molar-refractivity contribution in [1.29, 1.82) is 0 Å². The van der Waals surface area contributed by atoms with Gasteiger partial charge in [0.25, 0.3) is 0 Å². The number of ether oxygens (including phenoxy) is 2. The number of allylic oxidation sites excluding steroid dienone is 3. The van der Waals surface area contributed by atoms with E-state index in [1.54, 1.807) is 0 Å². The SMILES string of the molecule is C=C1CC(C(=O)OC)(C(=O)OC)CC1/C=C/C[B-](F)(F)F. The topological polar surface area (TPSA) is 52.6 Å². The lowest BCUT2D eigenvalue weighted by Gasteiger charge is -2.22. The Morgan fingerprint density at radius 3 is 2.29 bits per heavy atom. The molecule has 21 heavy (non-hydrogen) atoms. The lowest BCUT2D eigenvalue weighted by Crippen LogP contribution is -2.39. The largest absolute Gasteiger partial charge is 0.482 e. The van der Waals surface area contributed by atoms with Crippen molar-refractivity contribution >= 4 is 18.9 Å². The van der Waals surface area contributed by atoms with Crippen LogP contribution in [0.25, 0.3) is 0 Å². The summed E-state index contributed by atoms with van der Waals surface area (Å²) in [7, 11) is 2.29. The highest BCUT2D eigenvalue weighted by Gasteiger charge is 2.54. The summed E-state index contributed by atoms with van der Waals surface area (Å²) in [6, 6.07) is 0. The van der Waals surface area contributed by atoms with Crippen LogP contribution in [0, 0.1) is 11.3 Å². The first-order valence-electron chi connectivity index (χ1n) is 6.38. The van der Waals surface area contributed by atoms with Gasteiger partial charge in [0.1, 0.15) is 0 Å². The lowest BCUT2D eigenvalue weighted by molar-refractivity contribution is -0.168. The van der Waals surface area contributed by atoms with Crippen molar-refractivity contribution in [3.05, 3.63) is 24.3 Å². The van der Waals surface area contributed by atoms with Gasteiger partial charge in [-0.3, -0.25) is 9.59 Å². The first-order chi connectivity index (χ1) is 9.66. The molecule has 1 atom stereocenters. The van der Waals surface area contributed by atoms with Crippen LogP contribution >= 0.6 is 0 Å². The first kappa shape index (κ1) is 17.3. The van der Waals surface area contributed by atoms with Crippen LogP contribution < -0.4 is 0 Å². The van der Waals surface area contributed by atoms with Crippen LogP contribution in [-0.2, 0) is 19.1 Å². The summed E-state index contributed by atoms with van der Waals surface area (Å²) in [5.74, 6) is -2.00. The highest BCUT2D eigenvalue weighted by Crippen LogP contribution is 2.47. The predicted octanol–water partition coefficient (Wildman–Crippen LogP) is 2.69. The molecule has 0 N–H and O–H groups in total. The van der Waals surface area contributed by atoms with E-state index in [-0.39, 0.29) is 12.8 Å². The van der Waals surface area contributed by atoms with Gasteiger partial charge < -0.3 is 22.4 Å². The fraction of sp³-hybridized carbons (Fsp3) is 0.538. The van der Waals surface area contributed by atoms with E-state index in [1.807, 2.05) is 0 Å². The average Bonchev–Trinajstić information content (AvgIpc) is 2.74. The number of carbonyl (C=O) groups excluding carboxylic acids is 2. The third kappa shape index (κ3) is 3.89. The maximum Gasteiger partial charge on any atom is 0.482 e. The van der Waals surface area contributed by atoms with E-state index in [0.717, 1.165) is 20.3 Å². The Morgan fingerprint density at radius 1 is 1.33 bits per heavy atom. The van der Waals surface area contributed by atoms with Crippen LogP contribution in [0.3, 0.4) is 0 Å². The van der Waals surface area contributed by atoms with E-state index in [1.165, 1.54) is 6.08 Å². The van der Waals surface area contributed by atoms with E-state index < -0.39 is 36.6 Å². The fourth-order valence-electron chi connectivity index (χ4n) is 2.50. The zero-order valence-electron chi connectivity index (χ0n) is 11.9. The summed E-state index contributed by atoms with van der Waals surface area (Å²) < 4.78 is 45.8. The predicted molar refractivity (Wildman–Crippen MR) is 71.4 cm³/mol. The van der Waals surface area contributed by atoms with Crippen LogP contribution in [0.15, 0.2) is 24.3 Å². The Bertz CT molecular complexity index is 455. The average molecular weight is 305 g/mol. The molecule has 1 aliphatic rings. The zero-order chi connectivity index (χ0) is 16.3. The molecular weight excluding hydrogens is 288 g/mol. The molecule has 1 saturated carbocycles. The number of rotatable bonds is 5. The zero-order valence-corrected chi connectivity index (χ0v) is 11.9. The van der Waals surface area contributed by atoms with Gasteiger partial charge in [-0.25, -0.2) is 0 Å². The number of hydrogen-bond acceptors (Lipinski definition) is 4. The Balaban J connectivity index is 2.92. The second-order valence-electron chi connectivity index (χ2n) is 5.09. The molecule has 0 saturated heterocycles. The number of halogens is 3. The second-order valence-corrected chi connectivity index (χ2v) is 5.09. The minimum absolute atomic E-state index is 0.00649. The van der Waals surface area contributed by atoms with Gasteiger partial charge in [0.2, 0.25) is 0 Å². The molecule has 8 heteroatoms. The number of esters is 2. The third-order valence-electron chi connectivity index (χ3n) is 3.55. The van der Waals surface area contributed by atoms with Crippen molar-refractivity contribution in [1.82, 2.24) is 0 Å². The van der Waals surface area contributed by atoms with Crippen molar-refractivity contribution < 1.29 is 32.0 Å². The van der Waals surface area contributed by atoms with Gasteiger partial charge in [0.15, 0.2) is 5.41 Å². The monoisotopic (exact) mass is 305 g/mol. The lowest BCUT2D eigenvalue weighted by atomic mass is 9.84. The smallest absolute Gasteiger partial charge is 0.468 e. The van der Waals surface area contributed by atoms with E-state index in [4.69, 9.17) is 0 Å². The molecule has 0 aliphatic heterocycles. The van der Waals surface area contributed by atoms with Crippen LogP contribution in [-0.4, -0.2) is 33.1 Å². The molecule has 0 aromatic rings. The van der Waals surface area contributed by atoms with Gasteiger partial charge >= 0.3 is 18.9 Å². The molecular formula is C13H17BF3O4-. The number of carbonyl (C=O) groups is 2. The normalized spacial score (nSPS) is 21.6. The molecule has 0 spiro atoms. The van der Waals surface area contributed by atoms with Gasteiger partial charge in [-0.15, -0.1) is 6.08 Å². The van der Waals surface area contributed by atoms with Gasteiger partial charge in [-0.1, -0.05) is 24.5 Å². The molecule has 4 nitrogen and oxygen atoms in total. The summed E-state index contributed by atoms with van der Waals surface area (Å²) in [5, 5.41) is 0. The van der Waals surface area contributed by atoms with Crippen LogP contribution in [0.2, 0.25) is 6.32 Å². The Hall–Kier alpha value is -1.73. The third-order valence-corrected chi connectivity index (χ3v) is 3.55. The quantitative estimate of drug-likeness (QED) is 0.339. The standard InChI is InChI=1S/C13H17BF3O4/c1-9-7-13(11(18)20-2,12(19)21-3)8-10(9)5-4-6-14(15,16)17/h4-5,10H,1,6-8H2,2-3H3/q-1/b5-4+. The summed E-state index contributed by atoms with van der Waals surface area (Å²) in [6.45, 7) is -1.16. The van der Waals surface area contributed by atoms with Crippen molar-refractivity contribution in [2.24, 2.45) is 11.3 Å². The van der Waals surface area contributed by atoms with Crippen LogP contribution in [0.5, 0.6) is 0 Å². The molecule has 1 aliphatic carbocycles. The summed E-state index contributed by atoms with van der Waals surface area (Å²) in [4.78, 5) is 23.8. The summed E-state index contributed by atoms with van der Waals surface area (Å²) in [6.07, 6.45) is 1.35. The maximum absolute atomic E-state index is 12.2. The van der Waals surface area contributed by atoms with Gasteiger partial charge in [-0.2, -0.15) is 0 Å². The minimum Gasteiger partial charge on any atom is -0.468 e.